The Kier molecular flexibility index (Phi) is 3.34. The molecule has 0 atom stereocenters. The molecular formula is C15H19N3O. The van der Waals surface area contributed by atoms with E-state index in [4.69, 9.17) is 10.3 Å². The van der Waals surface area contributed by atoms with Crippen LogP contribution in [0, 0.1) is 0 Å². The van der Waals surface area contributed by atoms with Crippen LogP contribution in [0.15, 0.2) is 34.9 Å². The quantitative estimate of drug-likeness (QED) is 0.918. The average Bonchev–Trinajstić information content (AvgIpc) is 2.90. The van der Waals surface area contributed by atoms with Crippen LogP contribution in [0.4, 0.5) is 0 Å². The van der Waals surface area contributed by atoms with Gasteiger partial charge in [-0.3, -0.25) is 0 Å². The van der Waals surface area contributed by atoms with Crippen LogP contribution in [-0.4, -0.2) is 10.1 Å². The van der Waals surface area contributed by atoms with Crippen molar-refractivity contribution >= 4 is 0 Å². The minimum atomic E-state index is -0.378. The maximum atomic E-state index is 6.40. The van der Waals surface area contributed by atoms with Gasteiger partial charge < -0.3 is 10.3 Å². The Balaban J connectivity index is 1.76. The molecule has 4 nitrogen and oxygen atoms in total. The molecular weight excluding hydrogens is 238 g/mol. The second kappa shape index (κ2) is 5.13. The molecule has 4 heteroatoms. The number of rotatable bonds is 3. The fourth-order valence-electron chi connectivity index (χ4n) is 2.71. The molecule has 2 aromatic rings. The van der Waals surface area contributed by atoms with Gasteiger partial charge in [0.2, 0.25) is 5.89 Å². The van der Waals surface area contributed by atoms with Gasteiger partial charge in [-0.25, -0.2) is 0 Å². The third-order valence-corrected chi connectivity index (χ3v) is 3.86. The van der Waals surface area contributed by atoms with Gasteiger partial charge in [-0.1, -0.05) is 54.8 Å². The lowest BCUT2D eigenvalue weighted by Gasteiger charge is -2.29. The van der Waals surface area contributed by atoms with Crippen molar-refractivity contribution < 1.29 is 4.52 Å². The Labute approximate surface area is 113 Å². The summed E-state index contributed by atoms with van der Waals surface area (Å²) >= 11 is 0. The zero-order chi connectivity index (χ0) is 13.1. The summed E-state index contributed by atoms with van der Waals surface area (Å²) < 4.78 is 5.35. The van der Waals surface area contributed by atoms with Crippen molar-refractivity contribution in [3.8, 4) is 0 Å². The first kappa shape index (κ1) is 12.4. The van der Waals surface area contributed by atoms with Crippen LogP contribution < -0.4 is 5.73 Å². The van der Waals surface area contributed by atoms with Crippen LogP contribution in [0.2, 0.25) is 0 Å². The smallest absolute Gasteiger partial charge is 0.231 e. The van der Waals surface area contributed by atoms with E-state index in [0.29, 0.717) is 18.1 Å². The largest absolute Gasteiger partial charge is 0.339 e. The molecule has 1 heterocycles. The summed E-state index contributed by atoms with van der Waals surface area (Å²) in [5.74, 6) is 1.33. The summed E-state index contributed by atoms with van der Waals surface area (Å²) in [6.07, 6.45) is 6.14. The molecule has 3 rings (SSSR count). The molecule has 1 saturated carbocycles. The van der Waals surface area contributed by atoms with Crippen LogP contribution in [0.3, 0.4) is 0 Å². The topological polar surface area (TPSA) is 64.9 Å². The molecule has 1 aromatic heterocycles. The Hall–Kier alpha value is -1.68. The Bertz CT molecular complexity index is 529. The first-order valence-electron chi connectivity index (χ1n) is 6.92. The summed E-state index contributed by atoms with van der Waals surface area (Å²) in [6, 6.07) is 10.1. The highest BCUT2D eigenvalue weighted by Gasteiger charge is 2.34. The van der Waals surface area contributed by atoms with Gasteiger partial charge in [0.05, 0.1) is 12.0 Å². The van der Waals surface area contributed by atoms with E-state index < -0.39 is 0 Å². The first-order chi connectivity index (χ1) is 9.26. The summed E-state index contributed by atoms with van der Waals surface area (Å²) in [6.45, 7) is 0. The fourth-order valence-corrected chi connectivity index (χ4v) is 2.71. The van der Waals surface area contributed by atoms with Gasteiger partial charge in [-0.05, 0) is 18.4 Å². The predicted octanol–water partition coefficient (Wildman–Crippen LogP) is 2.78. The van der Waals surface area contributed by atoms with Crippen molar-refractivity contribution in [1.29, 1.82) is 0 Å². The molecule has 1 aliphatic carbocycles. The van der Waals surface area contributed by atoms with E-state index in [2.05, 4.69) is 22.3 Å². The second-order valence-corrected chi connectivity index (χ2v) is 5.39. The summed E-state index contributed by atoms with van der Waals surface area (Å²) in [7, 11) is 0. The van der Waals surface area contributed by atoms with Gasteiger partial charge in [-0.15, -0.1) is 0 Å². The average molecular weight is 257 g/mol. The highest BCUT2D eigenvalue weighted by atomic mass is 16.5. The molecule has 0 unspecified atom stereocenters. The number of nitrogens with zero attached hydrogens (tertiary/aromatic N) is 2. The number of aromatic nitrogens is 2. The maximum absolute atomic E-state index is 6.40. The summed E-state index contributed by atoms with van der Waals surface area (Å²) in [5, 5.41) is 4.10. The number of nitrogens with two attached hydrogens (primary N) is 1. The highest BCUT2D eigenvalue weighted by Crippen LogP contribution is 2.33. The van der Waals surface area contributed by atoms with Crippen LogP contribution >= 0.6 is 0 Å². The zero-order valence-corrected chi connectivity index (χ0v) is 11.0. The van der Waals surface area contributed by atoms with Crippen LogP contribution in [0.5, 0.6) is 0 Å². The van der Waals surface area contributed by atoms with Crippen molar-refractivity contribution in [2.45, 2.75) is 44.1 Å². The van der Waals surface area contributed by atoms with E-state index in [0.717, 1.165) is 25.7 Å². The van der Waals surface area contributed by atoms with Gasteiger partial charge in [-0.2, -0.15) is 4.98 Å². The lowest BCUT2D eigenvalue weighted by molar-refractivity contribution is 0.273. The molecule has 0 saturated heterocycles. The van der Waals surface area contributed by atoms with Gasteiger partial charge in [0, 0.05) is 0 Å². The number of benzene rings is 1. The van der Waals surface area contributed by atoms with Crippen LogP contribution in [-0.2, 0) is 12.0 Å². The van der Waals surface area contributed by atoms with Crippen molar-refractivity contribution in [2.24, 2.45) is 5.73 Å². The lowest BCUT2D eigenvalue weighted by atomic mass is 9.82. The Morgan fingerprint density at radius 3 is 2.58 bits per heavy atom. The van der Waals surface area contributed by atoms with Gasteiger partial charge in [0.15, 0.2) is 5.82 Å². The van der Waals surface area contributed by atoms with E-state index in [1.807, 2.05) is 18.2 Å². The van der Waals surface area contributed by atoms with Crippen LogP contribution in [0.1, 0.15) is 49.4 Å². The molecule has 2 N–H and O–H groups in total. The summed E-state index contributed by atoms with van der Waals surface area (Å²) in [4.78, 5) is 4.50. The van der Waals surface area contributed by atoms with Crippen molar-refractivity contribution in [2.75, 3.05) is 0 Å². The molecule has 0 bridgehead atoms. The fraction of sp³-hybridized carbons (Fsp3) is 0.467. The molecule has 0 radical (unpaired) electrons. The number of hydrogen-bond acceptors (Lipinski definition) is 4. The predicted molar refractivity (Wildman–Crippen MR) is 72.5 cm³/mol. The molecule has 1 aliphatic rings. The summed E-state index contributed by atoms with van der Waals surface area (Å²) in [5.41, 5.74) is 7.20. The third-order valence-electron chi connectivity index (χ3n) is 3.86. The standard InChI is InChI=1S/C15H19N3O/c16-15(9-5-2-6-10-15)14-17-13(19-18-14)11-12-7-3-1-4-8-12/h1,3-4,7-8H,2,5-6,9-11,16H2. The molecule has 1 fully saturated rings. The highest BCUT2D eigenvalue weighted by molar-refractivity contribution is 5.18. The molecule has 19 heavy (non-hydrogen) atoms. The van der Waals surface area contributed by atoms with Gasteiger partial charge >= 0.3 is 0 Å². The van der Waals surface area contributed by atoms with E-state index in [-0.39, 0.29) is 5.54 Å². The molecule has 0 amide bonds. The molecule has 1 aromatic carbocycles. The Morgan fingerprint density at radius 2 is 1.84 bits per heavy atom. The minimum absolute atomic E-state index is 0.378. The monoisotopic (exact) mass is 257 g/mol. The van der Waals surface area contributed by atoms with E-state index in [1.54, 1.807) is 0 Å². The van der Waals surface area contributed by atoms with Gasteiger partial charge in [0.1, 0.15) is 0 Å². The van der Waals surface area contributed by atoms with Crippen LogP contribution in [0.25, 0.3) is 0 Å². The van der Waals surface area contributed by atoms with E-state index >= 15 is 0 Å². The lowest BCUT2D eigenvalue weighted by Crippen LogP contribution is -2.39. The third kappa shape index (κ3) is 2.68. The SMILES string of the molecule is NC1(c2noc(Cc3ccccc3)n2)CCCCC1. The van der Waals surface area contributed by atoms with Crippen molar-refractivity contribution in [3.63, 3.8) is 0 Å². The maximum Gasteiger partial charge on any atom is 0.231 e. The minimum Gasteiger partial charge on any atom is -0.339 e. The van der Waals surface area contributed by atoms with E-state index in [9.17, 15) is 0 Å². The Morgan fingerprint density at radius 1 is 1.11 bits per heavy atom. The number of hydrogen-bond donors (Lipinski definition) is 1. The first-order valence-corrected chi connectivity index (χ1v) is 6.92. The normalized spacial score (nSPS) is 18.4. The van der Waals surface area contributed by atoms with E-state index in [1.165, 1.54) is 12.0 Å². The molecule has 0 spiro atoms. The van der Waals surface area contributed by atoms with Crippen molar-refractivity contribution in [3.05, 3.63) is 47.6 Å². The van der Waals surface area contributed by atoms with Gasteiger partial charge in [0.25, 0.3) is 0 Å². The zero-order valence-electron chi connectivity index (χ0n) is 11.0. The second-order valence-electron chi connectivity index (χ2n) is 5.39. The molecule has 100 valence electrons. The molecule has 0 aliphatic heterocycles. The van der Waals surface area contributed by atoms with Crippen molar-refractivity contribution in [1.82, 2.24) is 10.1 Å².